The minimum atomic E-state index is -3.02. The lowest BCUT2D eigenvalue weighted by Gasteiger charge is -2.18. The van der Waals surface area contributed by atoms with Gasteiger partial charge in [0.05, 0.1) is 24.0 Å². The second-order valence-electron chi connectivity index (χ2n) is 4.12. The molecule has 0 saturated carbocycles. The summed E-state index contributed by atoms with van der Waals surface area (Å²) in [6.45, 7) is 0.289. The highest BCUT2D eigenvalue weighted by molar-refractivity contribution is 7.92. The summed E-state index contributed by atoms with van der Waals surface area (Å²) in [5, 5.41) is -0.452. The molecule has 2 aliphatic heterocycles. The summed E-state index contributed by atoms with van der Waals surface area (Å²) in [7, 11) is -3.02. The molecule has 0 bridgehead atoms. The molecule has 0 aromatic carbocycles. The molecule has 0 N–H and O–H groups in total. The first-order valence-corrected chi connectivity index (χ1v) is 6.71. The van der Waals surface area contributed by atoms with E-state index in [9.17, 15) is 18.0 Å². The fraction of sp³-hybridized carbons (Fsp3) is 0.778. The minimum absolute atomic E-state index is 0.0627. The van der Waals surface area contributed by atoms with Crippen molar-refractivity contribution in [1.29, 1.82) is 0 Å². The predicted octanol–water partition coefficient (Wildman–Crippen LogP) is -0.635. The Balaban J connectivity index is 2.04. The third kappa shape index (κ3) is 2.04. The first-order chi connectivity index (χ1) is 6.99. The SMILES string of the molecule is O=C1CC(=O)N(CC2CCCS2(=O)=O)C1. The van der Waals surface area contributed by atoms with Crippen molar-refractivity contribution in [1.82, 2.24) is 4.90 Å². The molecule has 2 saturated heterocycles. The highest BCUT2D eigenvalue weighted by Crippen LogP contribution is 2.22. The van der Waals surface area contributed by atoms with Gasteiger partial charge in [0, 0.05) is 6.54 Å². The molecule has 2 heterocycles. The molecule has 0 spiro atoms. The largest absolute Gasteiger partial charge is 0.334 e. The van der Waals surface area contributed by atoms with E-state index in [1.54, 1.807) is 0 Å². The molecule has 84 valence electrons. The third-order valence-electron chi connectivity index (χ3n) is 2.96. The molecule has 5 nitrogen and oxygen atoms in total. The first-order valence-electron chi connectivity index (χ1n) is 5.00. The molecule has 15 heavy (non-hydrogen) atoms. The summed E-state index contributed by atoms with van der Waals surface area (Å²) in [4.78, 5) is 23.7. The van der Waals surface area contributed by atoms with Crippen LogP contribution in [0.5, 0.6) is 0 Å². The standard InChI is InChI=1S/C9H13NO4S/c11-7-4-9(12)10(5-7)6-8-2-1-3-15(8,13)14/h8H,1-6H2. The maximum atomic E-state index is 11.5. The molecule has 2 fully saturated rings. The van der Waals surface area contributed by atoms with Gasteiger partial charge in [0.2, 0.25) is 5.91 Å². The minimum Gasteiger partial charge on any atom is -0.334 e. The van der Waals surface area contributed by atoms with Crippen LogP contribution in [0.15, 0.2) is 0 Å². The van der Waals surface area contributed by atoms with Crippen LogP contribution in [0.1, 0.15) is 19.3 Å². The van der Waals surface area contributed by atoms with E-state index in [1.807, 2.05) is 0 Å². The van der Waals surface area contributed by atoms with Crippen LogP contribution < -0.4 is 0 Å². The molecule has 0 radical (unpaired) electrons. The number of carbonyl (C=O) groups is 2. The van der Waals surface area contributed by atoms with Crippen LogP contribution in [-0.4, -0.2) is 49.1 Å². The van der Waals surface area contributed by atoms with Crippen LogP contribution in [0.3, 0.4) is 0 Å². The molecule has 0 aromatic rings. The number of hydrogen-bond acceptors (Lipinski definition) is 4. The Kier molecular flexibility index (Phi) is 2.54. The molecule has 6 heteroatoms. The van der Waals surface area contributed by atoms with Crippen LogP contribution in [-0.2, 0) is 19.4 Å². The van der Waals surface area contributed by atoms with E-state index in [4.69, 9.17) is 0 Å². The average molecular weight is 231 g/mol. The number of amides is 1. The second kappa shape index (κ2) is 3.59. The normalized spacial score (nSPS) is 30.1. The maximum absolute atomic E-state index is 11.5. The van der Waals surface area contributed by atoms with Gasteiger partial charge in [-0.05, 0) is 12.8 Å². The lowest BCUT2D eigenvalue weighted by molar-refractivity contribution is -0.127. The zero-order chi connectivity index (χ0) is 11.1. The van der Waals surface area contributed by atoms with Crippen LogP contribution in [0.4, 0.5) is 0 Å². The highest BCUT2D eigenvalue weighted by atomic mass is 32.2. The average Bonchev–Trinajstić information content (AvgIpc) is 2.58. The number of nitrogens with zero attached hydrogens (tertiary/aromatic N) is 1. The molecule has 1 amide bonds. The summed E-state index contributed by atoms with van der Waals surface area (Å²) in [5.41, 5.74) is 0. The van der Waals surface area contributed by atoms with Gasteiger partial charge in [0.1, 0.15) is 0 Å². The Bertz CT molecular complexity index is 400. The Morgan fingerprint density at radius 1 is 1.33 bits per heavy atom. The number of likely N-dealkylation sites (tertiary alicyclic amines) is 1. The first kappa shape index (κ1) is 10.6. The van der Waals surface area contributed by atoms with Gasteiger partial charge in [-0.25, -0.2) is 8.42 Å². The molecular weight excluding hydrogens is 218 g/mol. The van der Waals surface area contributed by atoms with E-state index in [0.717, 1.165) is 0 Å². The lowest BCUT2D eigenvalue weighted by atomic mass is 10.2. The smallest absolute Gasteiger partial charge is 0.230 e. The second-order valence-corrected chi connectivity index (χ2v) is 6.52. The van der Waals surface area contributed by atoms with E-state index in [0.29, 0.717) is 12.8 Å². The van der Waals surface area contributed by atoms with Crippen molar-refractivity contribution in [3.63, 3.8) is 0 Å². The summed E-state index contributed by atoms with van der Waals surface area (Å²) in [5.74, 6) is -0.134. The quantitative estimate of drug-likeness (QED) is 0.593. The summed E-state index contributed by atoms with van der Waals surface area (Å²) in [6, 6.07) is 0. The predicted molar refractivity (Wildman–Crippen MR) is 53.0 cm³/mol. The molecule has 1 atom stereocenters. The van der Waals surface area contributed by atoms with Crippen molar-refractivity contribution in [3.05, 3.63) is 0 Å². The molecule has 1 unspecified atom stereocenters. The van der Waals surface area contributed by atoms with Gasteiger partial charge in [-0.2, -0.15) is 0 Å². The number of hydrogen-bond donors (Lipinski definition) is 0. The maximum Gasteiger partial charge on any atom is 0.230 e. The van der Waals surface area contributed by atoms with Gasteiger partial charge >= 0.3 is 0 Å². The number of ketones is 1. The zero-order valence-corrected chi connectivity index (χ0v) is 9.12. The van der Waals surface area contributed by atoms with E-state index >= 15 is 0 Å². The number of sulfone groups is 1. The monoisotopic (exact) mass is 231 g/mol. The van der Waals surface area contributed by atoms with Crippen molar-refractivity contribution >= 4 is 21.5 Å². The topological polar surface area (TPSA) is 71.5 Å². The molecule has 2 rings (SSSR count). The highest BCUT2D eigenvalue weighted by Gasteiger charge is 2.36. The van der Waals surface area contributed by atoms with Gasteiger partial charge in [-0.1, -0.05) is 0 Å². The van der Waals surface area contributed by atoms with Crippen LogP contribution in [0, 0.1) is 0 Å². The van der Waals surface area contributed by atoms with Crippen LogP contribution in [0.25, 0.3) is 0 Å². The van der Waals surface area contributed by atoms with Gasteiger partial charge in [0.25, 0.3) is 0 Å². The summed E-state index contributed by atoms with van der Waals surface area (Å²) >= 11 is 0. The van der Waals surface area contributed by atoms with Gasteiger partial charge in [-0.3, -0.25) is 9.59 Å². The molecule has 0 aromatic heterocycles. The van der Waals surface area contributed by atoms with Crippen molar-refractivity contribution in [2.24, 2.45) is 0 Å². The van der Waals surface area contributed by atoms with Crippen molar-refractivity contribution in [3.8, 4) is 0 Å². The van der Waals surface area contributed by atoms with E-state index in [2.05, 4.69) is 0 Å². The Morgan fingerprint density at radius 2 is 2.07 bits per heavy atom. The number of rotatable bonds is 2. The Labute approximate surface area is 88.4 Å². The fourth-order valence-corrected chi connectivity index (χ4v) is 3.95. The van der Waals surface area contributed by atoms with E-state index in [1.165, 1.54) is 4.90 Å². The van der Waals surface area contributed by atoms with Crippen molar-refractivity contribution < 1.29 is 18.0 Å². The Morgan fingerprint density at radius 3 is 2.53 bits per heavy atom. The van der Waals surface area contributed by atoms with Crippen LogP contribution >= 0.6 is 0 Å². The molecule has 0 aliphatic carbocycles. The number of carbonyl (C=O) groups excluding carboxylic acids is 2. The zero-order valence-electron chi connectivity index (χ0n) is 8.31. The lowest BCUT2D eigenvalue weighted by Crippen LogP contribution is -2.36. The molecular formula is C9H13NO4S. The fourth-order valence-electron chi connectivity index (χ4n) is 2.11. The van der Waals surface area contributed by atoms with Gasteiger partial charge in [0.15, 0.2) is 15.6 Å². The van der Waals surface area contributed by atoms with E-state index < -0.39 is 15.1 Å². The Hall–Kier alpha value is -0.910. The summed E-state index contributed by atoms with van der Waals surface area (Å²) < 4.78 is 23.0. The van der Waals surface area contributed by atoms with Crippen LogP contribution in [0.2, 0.25) is 0 Å². The van der Waals surface area contributed by atoms with Crippen molar-refractivity contribution in [2.75, 3.05) is 18.8 Å². The number of Topliss-reactive ketones (excluding diaryl/α,β-unsaturated/α-hetero) is 1. The van der Waals surface area contributed by atoms with Crippen molar-refractivity contribution in [2.45, 2.75) is 24.5 Å². The van der Waals surface area contributed by atoms with E-state index in [-0.39, 0.29) is 37.0 Å². The van der Waals surface area contributed by atoms with Gasteiger partial charge < -0.3 is 4.90 Å². The third-order valence-corrected chi connectivity index (χ3v) is 5.21. The summed E-state index contributed by atoms with van der Waals surface area (Å²) in [6.07, 6.45) is 1.22. The van der Waals surface area contributed by atoms with Gasteiger partial charge in [-0.15, -0.1) is 0 Å². The molecule has 2 aliphatic rings.